The summed E-state index contributed by atoms with van der Waals surface area (Å²) in [4.78, 5) is 2.96. The van der Waals surface area contributed by atoms with Gasteiger partial charge < -0.3 is 0 Å². The van der Waals surface area contributed by atoms with E-state index in [9.17, 15) is 0 Å². The van der Waals surface area contributed by atoms with Crippen molar-refractivity contribution in [2.45, 2.75) is 0 Å². The van der Waals surface area contributed by atoms with Gasteiger partial charge in [-0.1, -0.05) is 60.7 Å². The highest BCUT2D eigenvalue weighted by atomic mass is 32.3. The van der Waals surface area contributed by atoms with Gasteiger partial charge in [0.1, 0.15) is 0 Å². The molecule has 0 radical (unpaired) electrons. The van der Waals surface area contributed by atoms with Crippen molar-refractivity contribution in [1.29, 1.82) is 0 Å². The van der Waals surface area contributed by atoms with Crippen molar-refractivity contribution in [3.8, 4) is 0 Å². The van der Waals surface area contributed by atoms with Crippen LogP contribution in [0.4, 0.5) is 0 Å². The summed E-state index contributed by atoms with van der Waals surface area (Å²) < 4.78 is 0. The van der Waals surface area contributed by atoms with Crippen LogP contribution in [0.25, 0.3) is 9.81 Å². The maximum Gasteiger partial charge on any atom is 0.000927 e. The molecule has 0 aliphatic carbocycles. The van der Waals surface area contributed by atoms with E-state index in [1.807, 2.05) is 0 Å². The first kappa shape index (κ1) is 12.3. The molecule has 0 fully saturated rings. The zero-order chi connectivity index (χ0) is 13.3. The molecule has 0 saturated heterocycles. The summed E-state index contributed by atoms with van der Waals surface area (Å²) in [5.41, 5.74) is 2.70. The number of benzene rings is 2. The van der Waals surface area contributed by atoms with E-state index in [0.717, 1.165) is 0 Å². The lowest BCUT2D eigenvalue weighted by molar-refractivity contribution is 1.65. The second-order valence-electron chi connectivity index (χ2n) is 5.12. The quantitative estimate of drug-likeness (QED) is 0.705. The molecule has 0 amide bonds. The summed E-state index contributed by atoms with van der Waals surface area (Å²) >= 11 is 0. The third-order valence-corrected chi connectivity index (χ3v) is 6.54. The molecule has 0 atom stereocenters. The second-order valence-corrected chi connectivity index (χ2v) is 8.65. The molecule has 1 aliphatic heterocycles. The first-order valence-corrected chi connectivity index (χ1v) is 8.91. The van der Waals surface area contributed by atoms with Crippen LogP contribution in [0.1, 0.15) is 11.1 Å². The topological polar surface area (TPSA) is 0 Å². The summed E-state index contributed by atoms with van der Waals surface area (Å²) in [6.45, 7) is 0. The van der Waals surface area contributed by atoms with Crippen LogP contribution >= 0.6 is 10.0 Å². The Morgan fingerprint density at radius 2 is 0.947 bits per heavy atom. The predicted octanol–water partition coefficient (Wildman–Crippen LogP) is 5.15. The van der Waals surface area contributed by atoms with Gasteiger partial charge in [0, 0.05) is 9.81 Å². The van der Waals surface area contributed by atoms with Gasteiger partial charge in [-0.05, 0) is 35.8 Å². The van der Waals surface area contributed by atoms with Crippen LogP contribution in [0.3, 0.4) is 0 Å². The van der Waals surface area contributed by atoms with Crippen LogP contribution < -0.4 is 0 Å². The van der Waals surface area contributed by atoms with Gasteiger partial charge in [0.2, 0.25) is 0 Å². The van der Waals surface area contributed by atoms with Gasteiger partial charge in [0.25, 0.3) is 0 Å². The Balaban J connectivity index is 1.99. The van der Waals surface area contributed by atoms with E-state index in [-0.39, 0.29) is 0 Å². The van der Waals surface area contributed by atoms with Gasteiger partial charge in [-0.3, -0.25) is 0 Å². The molecule has 0 saturated carbocycles. The second kappa shape index (κ2) is 4.75. The molecule has 2 aromatic carbocycles. The summed E-state index contributed by atoms with van der Waals surface area (Å²) in [6, 6.07) is 21.5. The minimum atomic E-state index is -0.912. The predicted molar refractivity (Wildman–Crippen MR) is 88.3 cm³/mol. The maximum atomic E-state index is 2.39. The van der Waals surface area contributed by atoms with Crippen LogP contribution in [-0.2, 0) is 0 Å². The van der Waals surface area contributed by atoms with Crippen molar-refractivity contribution >= 4 is 19.8 Å². The zero-order valence-corrected chi connectivity index (χ0v) is 12.2. The molecule has 2 aromatic rings. The highest BCUT2D eigenvalue weighted by Gasteiger charge is 2.28. The maximum absolute atomic E-state index is 2.39. The van der Waals surface area contributed by atoms with Crippen molar-refractivity contribution in [2.75, 3.05) is 12.5 Å². The Kier molecular flexibility index (Phi) is 3.08. The molecular weight excluding hydrogens is 248 g/mol. The first-order valence-electron chi connectivity index (χ1n) is 6.46. The van der Waals surface area contributed by atoms with Crippen molar-refractivity contribution in [3.05, 3.63) is 83.9 Å². The van der Waals surface area contributed by atoms with Crippen LogP contribution in [0.5, 0.6) is 0 Å². The van der Waals surface area contributed by atoms with Crippen LogP contribution in [0, 0.1) is 0 Å². The lowest BCUT2D eigenvalue weighted by Crippen LogP contribution is -1.98. The van der Waals surface area contributed by atoms with Gasteiger partial charge in [0.05, 0.1) is 0 Å². The van der Waals surface area contributed by atoms with E-state index in [1.165, 1.54) is 20.9 Å². The molecule has 1 heteroatoms. The van der Waals surface area contributed by atoms with Gasteiger partial charge in [0.15, 0.2) is 0 Å². The first-order chi connectivity index (χ1) is 9.19. The van der Waals surface area contributed by atoms with Crippen LogP contribution in [-0.4, -0.2) is 12.5 Å². The summed E-state index contributed by atoms with van der Waals surface area (Å²) in [5.74, 6) is 0. The number of hydrogen-bond donors (Lipinski definition) is 0. The van der Waals surface area contributed by atoms with Gasteiger partial charge in [-0.15, -0.1) is 0 Å². The average molecular weight is 266 g/mol. The van der Waals surface area contributed by atoms with Crippen molar-refractivity contribution in [3.63, 3.8) is 0 Å². The minimum Gasteiger partial charge on any atom is -0.192 e. The van der Waals surface area contributed by atoms with Crippen molar-refractivity contribution < 1.29 is 0 Å². The van der Waals surface area contributed by atoms with E-state index < -0.39 is 10.0 Å². The number of rotatable bonds is 2. The Labute approximate surface area is 116 Å². The molecule has 3 rings (SSSR count). The lowest BCUT2D eigenvalue weighted by Gasteiger charge is -2.33. The van der Waals surface area contributed by atoms with E-state index in [4.69, 9.17) is 0 Å². The molecule has 1 heterocycles. The normalized spacial score (nSPS) is 18.6. The Morgan fingerprint density at radius 3 is 1.32 bits per heavy atom. The average Bonchev–Trinajstić information content (AvgIpc) is 2.76. The molecule has 19 heavy (non-hydrogen) atoms. The van der Waals surface area contributed by atoms with Crippen molar-refractivity contribution in [2.24, 2.45) is 0 Å². The van der Waals surface area contributed by atoms with E-state index in [1.54, 1.807) is 0 Å². The fraction of sp³-hybridized carbons (Fsp3) is 0.111. The summed E-state index contributed by atoms with van der Waals surface area (Å²) in [7, 11) is -0.912. The number of allylic oxidation sites excluding steroid dienone is 2. The van der Waals surface area contributed by atoms with Crippen LogP contribution in [0.15, 0.2) is 72.8 Å². The van der Waals surface area contributed by atoms with E-state index in [0.29, 0.717) is 0 Å². The standard InChI is InChI=1S/C18H18S/c1-19(2)17(15-9-5-3-6-10-15)13-14-18(19)16-11-7-4-8-12-16/h3-14H,1-2H3. The molecule has 0 aromatic heterocycles. The van der Waals surface area contributed by atoms with Crippen LogP contribution in [0.2, 0.25) is 0 Å². The molecule has 0 spiro atoms. The Morgan fingerprint density at radius 1 is 0.579 bits per heavy atom. The van der Waals surface area contributed by atoms with E-state index >= 15 is 0 Å². The molecule has 0 N–H and O–H groups in total. The SMILES string of the molecule is CS1(C)C(c2ccccc2)=CC=C1c1ccccc1. The third-order valence-electron chi connectivity index (χ3n) is 3.60. The monoisotopic (exact) mass is 266 g/mol. The smallest absolute Gasteiger partial charge is 0.000927 e. The summed E-state index contributed by atoms with van der Waals surface area (Å²) in [6.07, 6.45) is 9.37. The highest BCUT2D eigenvalue weighted by molar-refractivity contribution is 8.47. The molecule has 0 unspecified atom stereocenters. The Bertz CT molecular complexity index is 576. The van der Waals surface area contributed by atoms with Gasteiger partial charge in [-0.25, -0.2) is 0 Å². The fourth-order valence-corrected chi connectivity index (χ4v) is 5.10. The van der Waals surface area contributed by atoms with Gasteiger partial charge >= 0.3 is 0 Å². The zero-order valence-electron chi connectivity index (χ0n) is 11.3. The van der Waals surface area contributed by atoms with Crippen molar-refractivity contribution in [1.82, 2.24) is 0 Å². The Hall–Kier alpha value is -1.73. The summed E-state index contributed by atoms with van der Waals surface area (Å²) in [5, 5.41) is 0. The van der Waals surface area contributed by atoms with E-state index in [2.05, 4.69) is 85.3 Å². The minimum absolute atomic E-state index is 0.912. The molecule has 0 nitrogen and oxygen atoms in total. The fourth-order valence-electron chi connectivity index (χ4n) is 2.60. The molecule has 96 valence electrons. The third kappa shape index (κ3) is 2.15. The van der Waals surface area contributed by atoms with Gasteiger partial charge in [-0.2, -0.15) is 10.0 Å². The molecular formula is C18H18S. The molecule has 0 bridgehead atoms. The largest absolute Gasteiger partial charge is 0.192 e. The molecule has 1 aliphatic rings. The number of hydrogen-bond acceptors (Lipinski definition) is 0. The lowest BCUT2D eigenvalue weighted by atomic mass is 10.2. The highest BCUT2D eigenvalue weighted by Crippen LogP contribution is 2.66.